The van der Waals surface area contributed by atoms with Gasteiger partial charge in [0.05, 0.1) is 19.3 Å². The van der Waals surface area contributed by atoms with E-state index >= 15 is 0 Å². The van der Waals surface area contributed by atoms with Crippen molar-refractivity contribution in [2.75, 3.05) is 39.4 Å². The average Bonchev–Trinajstić information content (AvgIpc) is 2.95. The van der Waals surface area contributed by atoms with Gasteiger partial charge in [0.1, 0.15) is 0 Å². The van der Waals surface area contributed by atoms with Crippen LogP contribution in [0.15, 0.2) is 36.4 Å². The zero-order chi connectivity index (χ0) is 19.9. The van der Waals surface area contributed by atoms with Crippen molar-refractivity contribution in [1.29, 1.82) is 0 Å². The van der Waals surface area contributed by atoms with Gasteiger partial charge in [0.25, 0.3) is 0 Å². The third-order valence-corrected chi connectivity index (χ3v) is 5.44. The molecule has 0 amide bonds. The highest BCUT2D eigenvalue weighted by atomic mass is 35.5. The van der Waals surface area contributed by atoms with Crippen molar-refractivity contribution in [3.8, 4) is 11.5 Å². The van der Waals surface area contributed by atoms with Crippen LogP contribution in [0.5, 0.6) is 11.5 Å². The summed E-state index contributed by atoms with van der Waals surface area (Å²) in [6.07, 6.45) is 1.09. The average molecular weight is 423 g/mol. The van der Waals surface area contributed by atoms with Crippen LogP contribution >= 0.6 is 23.2 Å². The van der Waals surface area contributed by atoms with Crippen LogP contribution in [0.25, 0.3) is 0 Å². The smallest absolute Gasteiger partial charge is 0.161 e. The highest BCUT2D eigenvalue weighted by molar-refractivity contribution is 6.35. The molecule has 1 saturated heterocycles. The summed E-state index contributed by atoms with van der Waals surface area (Å²) in [5.41, 5.74) is 2.19. The van der Waals surface area contributed by atoms with E-state index in [1.807, 2.05) is 38.1 Å². The van der Waals surface area contributed by atoms with Gasteiger partial charge in [0, 0.05) is 29.7 Å². The molecule has 2 aromatic carbocycles. The van der Waals surface area contributed by atoms with Crippen LogP contribution in [-0.4, -0.2) is 44.3 Å². The van der Waals surface area contributed by atoms with E-state index in [0.717, 1.165) is 55.2 Å². The van der Waals surface area contributed by atoms with Gasteiger partial charge < -0.3 is 14.8 Å². The predicted octanol–water partition coefficient (Wildman–Crippen LogP) is 5.18. The highest BCUT2D eigenvalue weighted by Crippen LogP contribution is 2.38. The van der Waals surface area contributed by atoms with Crippen LogP contribution in [0.2, 0.25) is 10.0 Å². The number of nitrogens with one attached hydrogen (secondary N) is 1. The number of rotatable bonds is 7. The van der Waals surface area contributed by atoms with Crippen molar-refractivity contribution in [3.63, 3.8) is 0 Å². The summed E-state index contributed by atoms with van der Waals surface area (Å²) in [5.74, 6) is 1.54. The van der Waals surface area contributed by atoms with Gasteiger partial charge in [0.2, 0.25) is 0 Å². The summed E-state index contributed by atoms with van der Waals surface area (Å²) in [5, 5.41) is 4.80. The first-order chi connectivity index (χ1) is 13.6. The minimum Gasteiger partial charge on any atom is -0.490 e. The van der Waals surface area contributed by atoms with Crippen LogP contribution in [0.1, 0.15) is 37.4 Å². The summed E-state index contributed by atoms with van der Waals surface area (Å²) in [7, 11) is 0. The van der Waals surface area contributed by atoms with Crippen molar-refractivity contribution in [3.05, 3.63) is 57.6 Å². The number of ether oxygens (including phenoxy) is 2. The van der Waals surface area contributed by atoms with Gasteiger partial charge >= 0.3 is 0 Å². The maximum absolute atomic E-state index is 6.63. The molecule has 1 aliphatic heterocycles. The maximum atomic E-state index is 6.63. The van der Waals surface area contributed by atoms with Gasteiger partial charge in [-0.25, -0.2) is 0 Å². The normalized spacial score (nSPS) is 16.4. The fourth-order valence-electron chi connectivity index (χ4n) is 3.67. The second-order valence-electron chi connectivity index (χ2n) is 6.78. The molecule has 0 aliphatic carbocycles. The zero-order valence-electron chi connectivity index (χ0n) is 16.5. The molecule has 2 aromatic rings. The topological polar surface area (TPSA) is 33.7 Å². The van der Waals surface area contributed by atoms with Crippen molar-refractivity contribution in [2.24, 2.45) is 0 Å². The maximum Gasteiger partial charge on any atom is 0.161 e. The quantitative estimate of drug-likeness (QED) is 0.666. The van der Waals surface area contributed by atoms with Crippen molar-refractivity contribution in [1.82, 2.24) is 10.2 Å². The molecule has 1 atom stereocenters. The molecule has 1 unspecified atom stereocenters. The van der Waals surface area contributed by atoms with Gasteiger partial charge in [0.15, 0.2) is 11.5 Å². The molecular weight excluding hydrogens is 395 g/mol. The van der Waals surface area contributed by atoms with Crippen LogP contribution in [-0.2, 0) is 0 Å². The molecular formula is C22H28Cl2N2O2. The van der Waals surface area contributed by atoms with E-state index in [9.17, 15) is 0 Å². The van der Waals surface area contributed by atoms with E-state index in [1.54, 1.807) is 0 Å². The molecule has 0 bridgehead atoms. The Hall–Kier alpha value is -1.46. The molecule has 28 heavy (non-hydrogen) atoms. The minimum absolute atomic E-state index is 0.0274. The monoisotopic (exact) mass is 422 g/mol. The van der Waals surface area contributed by atoms with Gasteiger partial charge in [-0.1, -0.05) is 35.3 Å². The van der Waals surface area contributed by atoms with Gasteiger partial charge in [-0.3, -0.25) is 4.90 Å². The minimum atomic E-state index is 0.0274. The Balaban J connectivity index is 2.06. The number of halogens is 2. The van der Waals surface area contributed by atoms with E-state index in [0.29, 0.717) is 23.3 Å². The summed E-state index contributed by atoms with van der Waals surface area (Å²) in [6, 6.07) is 12.0. The molecule has 152 valence electrons. The Morgan fingerprint density at radius 2 is 1.75 bits per heavy atom. The van der Waals surface area contributed by atoms with E-state index in [-0.39, 0.29) is 6.04 Å². The molecule has 4 nitrogen and oxygen atoms in total. The second-order valence-corrected chi connectivity index (χ2v) is 7.62. The highest BCUT2D eigenvalue weighted by Gasteiger charge is 2.26. The largest absolute Gasteiger partial charge is 0.490 e. The van der Waals surface area contributed by atoms with Crippen molar-refractivity contribution < 1.29 is 9.47 Å². The molecule has 0 radical (unpaired) electrons. The molecule has 1 N–H and O–H groups in total. The Morgan fingerprint density at radius 1 is 0.964 bits per heavy atom. The Kier molecular flexibility index (Phi) is 7.86. The lowest BCUT2D eigenvalue weighted by Crippen LogP contribution is -2.33. The number of benzene rings is 2. The summed E-state index contributed by atoms with van der Waals surface area (Å²) in [6.45, 7) is 9.07. The summed E-state index contributed by atoms with van der Waals surface area (Å²) < 4.78 is 11.6. The second kappa shape index (κ2) is 10.4. The lowest BCUT2D eigenvalue weighted by Gasteiger charge is -2.32. The molecule has 0 spiro atoms. The van der Waals surface area contributed by atoms with Crippen LogP contribution in [0.4, 0.5) is 0 Å². The first-order valence-corrected chi connectivity index (χ1v) is 10.7. The molecule has 0 aromatic heterocycles. The Labute approximate surface area is 177 Å². The number of hydrogen-bond donors (Lipinski definition) is 1. The van der Waals surface area contributed by atoms with E-state index in [2.05, 4.69) is 22.3 Å². The fraction of sp³-hybridized carbons (Fsp3) is 0.455. The third-order valence-electron chi connectivity index (χ3n) is 4.88. The number of hydrogen-bond acceptors (Lipinski definition) is 4. The molecule has 1 fully saturated rings. The lowest BCUT2D eigenvalue weighted by molar-refractivity contribution is 0.239. The molecule has 1 aliphatic rings. The Bertz CT molecular complexity index is 777. The standard InChI is InChI=1S/C22H28Cl2N2O2/c1-3-27-20-9-6-16(14-21(20)28-4-2)22(26-12-5-10-25-11-13-26)18-8-7-17(23)15-19(18)24/h6-9,14-15,22,25H,3-5,10-13H2,1-2H3. The summed E-state index contributed by atoms with van der Waals surface area (Å²) in [4.78, 5) is 2.47. The lowest BCUT2D eigenvalue weighted by atomic mass is 9.96. The SMILES string of the molecule is CCOc1ccc(C(c2ccc(Cl)cc2Cl)N2CCCNCC2)cc1OCC. The predicted molar refractivity (Wildman–Crippen MR) is 116 cm³/mol. The van der Waals surface area contributed by atoms with Crippen molar-refractivity contribution in [2.45, 2.75) is 26.3 Å². The Morgan fingerprint density at radius 3 is 2.50 bits per heavy atom. The van der Waals surface area contributed by atoms with Crippen LogP contribution < -0.4 is 14.8 Å². The molecule has 6 heteroatoms. The van der Waals surface area contributed by atoms with E-state index < -0.39 is 0 Å². The van der Waals surface area contributed by atoms with Gasteiger partial charge in [-0.15, -0.1) is 0 Å². The van der Waals surface area contributed by atoms with Gasteiger partial charge in [-0.05, 0) is 62.2 Å². The first-order valence-electron chi connectivity index (χ1n) is 9.93. The summed E-state index contributed by atoms with van der Waals surface area (Å²) >= 11 is 12.8. The fourth-order valence-corrected chi connectivity index (χ4v) is 4.18. The number of nitrogens with zero attached hydrogens (tertiary/aromatic N) is 1. The van der Waals surface area contributed by atoms with Crippen LogP contribution in [0, 0.1) is 0 Å². The first kappa shape index (κ1) is 21.3. The molecule has 1 heterocycles. The van der Waals surface area contributed by atoms with Gasteiger partial charge in [-0.2, -0.15) is 0 Å². The van der Waals surface area contributed by atoms with E-state index in [1.165, 1.54) is 0 Å². The third kappa shape index (κ3) is 5.12. The van der Waals surface area contributed by atoms with Crippen LogP contribution in [0.3, 0.4) is 0 Å². The molecule has 3 rings (SSSR count). The van der Waals surface area contributed by atoms with E-state index in [4.69, 9.17) is 32.7 Å². The molecule has 0 saturated carbocycles. The van der Waals surface area contributed by atoms with Crippen molar-refractivity contribution >= 4 is 23.2 Å². The zero-order valence-corrected chi connectivity index (χ0v) is 18.0.